The predicted molar refractivity (Wildman–Crippen MR) is 76.2 cm³/mol. The summed E-state index contributed by atoms with van der Waals surface area (Å²) in [5.74, 6) is 2.01. The predicted octanol–water partition coefficient (Wildman–Crippen LogP) is 4.68. The average Bonchev–Trinajstić information content (AvgIpc) is 3.08. The number of hydrogen-bond donors (Lipinski definition) is 0. The highest BCUT2D eigenvalue weighted by Gasteiger charge is 2.22. The molecule has 0 atom stereocenters. The van der Waals surface area contributed by atoms with Gasteiger partial charge in [0.2, 0.25) is 8.32 Å². The van der Waals surface area contributed by atoms with E-state index < -0.39 is 8.32 Å². The Morgan fingerprint density at radius 2 is 1.88 bits per heavy atom. The van der Waals surface area contributed by atoms with Crippen LogP contribution in [0.2, 0.25) is 19.6 Å². The molecule has 1 aromatic carbocycles. The summed E-state index contributed by atoms with van der Waals surface area (Å²) in [5.41, 5.74) is 1.22. The summed E-state index contributed by atoms with van der Waals surface area (Å²) in [6, 6.07) is 10.5. The average molecular weight is 246 g/mol. The second-order valence-electron chi connectivity index (χ2n) is 5.83. The Morgan fingerprint density at radius 1 is 1.24 bits per heavy atom. The number of benzene rings is 1. The molecule has 0 heterocycles. The van der Waals surface area contributed by atoms with Gasteiger partial charge in [-0.3, -0.25) is 0 Å². The molecule has 92 valence electrons. The molecule has 1 aliphatic carbocycles. The maximum Gasteiger partial charge on any atom is 0.242 e. The van der Waals surface area contributed by atoms with Gasteiger partial charge in [0.1, 0.15) is 5.76 Å². The smallest absolute Gasteiger partial charge is 0.242 e. The molecule has 2 rings (SSSR count). The van der Waals surface area contributed by atoms with E-state index in [9.17, 15) is 0 Å². The molecule has 2 heteroatoms. The summed E-state index contributed by atoms with van der Waals surface area (Å²) < 4.78 is 6.20. The van der Waals surface area contributed by atoms with E-state index in [-0.39, 0.29) is 0 Å². The summed E-state index contributed by atoms with van der Waals surface area (Å²) >= 11 is 0. The van der Waals surface area contributed by atoms with Crippen molar-refractivity contribution in [3.8, 4) is 0 Å². The summed E-state index contributed by atoms with van der Waals surface area (Å²) in [4.78, 5) is 0. The fourth-order valence-corrected chi connectivity index (χ4v) is 2.64. The highest BCUT2D eigenvalue weighted by atomic mass is 28.4. The topological polar surface area (TPSA) is 9.23 Å². The van der Waals surface area contributed by atoms with Crippen molar-refractivity contribution in [1.82, 2.24) is 0 Å². The first-order chi connectivity index (χ1) is 8.04. The Morgan fingerprint density at radius 3 is 2.41 bits per heavy atom. The Kier molecular flexibility index (Phi) is 3.72. The SMILES string of the molecule is C[Si](C)(C)O/C(=C\CC1CC1)c1ccccc1. The molecule has 0 amide bonds. The van der Waals surface area contributed by atoms with Gasteiger partial charge < -0.3 is 4.43 Å². The van der Waals surface area contributed by atoms with E-state index in [1.165, 1.54) is 24.8 Å². The van der Waals surface area contributed by atoms with Crippen molar-refractivity contribution in [2.24, 2.45) is 5.92 Å². The molecular weight excluding hydrogens is 224 g/mol. The first kappa shape index (κ1) is 12.4. The van der Waals surface area contributed by atoms with Crippen molar-refractivity contribution in [3.63, 3.8) is 0 Å². The van der Waals surface area contributed by atoms with E-state index in [1.807, 2.05) is 0 Å². The Labute approximate surface area is 106 Å². The number of hydrogen-bond acceptors (Lipinski definition) is 1. The number of allylic oxidation sites excluding steroid dienone is 1. The minimum Gasteiger partial charge on any atom is -0.544 e. The van der Waals surface area contributed by atoms with Crippen LogP contribution in [0.5, 0.6) is 0 Å². The molecular formula is C15H22OSi. The molecule has 0 aromatic heterocycles. The summed E-state index contributed by atoms with van der Waals surface area (Å²) in [6.07, 6.45) is 6.26. The van der Waals surface area contributed by atoms with Crippen molar-refractivity contribution >= 4 is 14.1 Å². The van der Waals surface area contributed by atoms with Crippen LogP contribution in [0, 0.1) is 5.92 Å². The quantitative estimate of drug-likeness (QED) is 0.541. The van der Waals surface area contributed by atoms with Gasteiger partial charge in [-0.2, -0.15) is 0 Å². The lowest BCUT2D eigenvalue weighted by molar-refractivity contribution is 0.511. The third-order valence-electron chi connectivity index (χ3n) is 2.81. The monoisotopic (exact) mass is 246 g/mol. The summed E-state index contributed by atoms with van der Waals surface area (Å²) in [7, 11) is -1.52. The lowest BCUT2D eigenvalue weighted by Gasteiger charge is -2.22. The van der Waals surface area contributed by atoms with Gasteiger partial charge in [0.15, 0.2) is 0 Å². The molecule has 1 saturated carbocycles. The largest absolute Gasteiger partial charge is 0.544 e. The van der Waals surface area contributed by atoms with Gasteiger partial charge in [0.05, 0.1) is 0 Å². The highest BCUT2D eigenvalue weighted by molar-refractivity contribution is 6.70. The van der Waals surface area contributed by atoms with Gasteiger partial charge in [-0.15, -0.1) is 0 Å². The Hall–Kier alpha value is -1.02. The van der Waals surface area contributed by atoms with Crippen molar-refractivity contribution < 1.29 is 4.43 Å². The van der Waals surface area contributed by atoms with Crippen molar-refractivity contribution in [2.45, 2.75) is 38.9 Å². The van der Waals surface area contributed by atoms with Crippen LogP contribution in [-0.2, 0) is 4.43 Å². The lowest BCUT2D eigenvalue weighted by Crippen LogP contribution is -2.24. The van der Waals surface area contributed by atoms with E-state index in [1.54, 1.807) is 0 Å². The van der Waals surface area contributed by atoms with Gasteiger partial charge in [0, 0.05) is 5.56 Å². The highest BCUT2D eigenvalue weighted by Crippen LogP contribution is 2.34. The van der Waals surface area contributed by atoms with E-state index in [0.717, 1.165) is 11.7 Å². The molecule has 1 aromatic rings. The van der Waals surface area contributed by atoms with Crippen molar-refractivity contribution in [3.05, 3.63) is 42.0 Å². The zero-order chi connectivity index (χ0) is 12.3. The van der Waals surface area contributed by atoms with Crippen molar-refractivity contribution in [1.29, 1.82) is 0 Å². The van der Waals surface area contributed by atoms with Gasteiger partial charge in [-0.25, -0.2) is 0 Å². The van der Waals surface area contributed by atoms with Crippen LogP contribution >= 0.6 is 0 Å². The van der Waals surface area contributed by atoms with Crippen LogP contribution in [0.1, 0.15) is 24.8 Å². The molecule has 0 radical (unpaired) electrons. The second-order valence-corrected chi connectivity index (χ2v) is 10.3. The van der Waals surface area contributed by atoms with Crippen LogP contribution in [0.25, 0.3) is 5.76 Å². The van der Waals surface area contributed by atoms with Gasteiger partial charge in [0.25, 0.3) is 0 Å². The van der Waals surface area contributed by atoms with Gasteiger partial charge in [-0.05, 0) is 50.9 Å². The van der Waals surface area contributed by atoms with Gasteiger partial charge >= 0.3 is 0 Å². The minimum atomic E-state index is -1.52. The third-order valence-corrected chi connectivity index (χ3v) is 3.64. The first-order valence-electron chi connectivity index (χ1n) is 6.49. The molecule has 0 bridgehead atoms. The molecule has 0 unspecified atom stereocenters. The number of rotatable bonds is 5. The molecule has 0 spiro atoms. The molecule has 1 nitrogen and oxygen atoms in total. The zero-order valence-electron chi connectivity index (χ0n) is 11.1. The molecule has 0 aliphatic heterocycles. The zero-order valence-corrected chi connectivity index (χ0v) is 12.1. The first-order valence-corrected chi connectivity index (χ1v) is 9.90. The Balaban J connectivity index is 2.14. The van der Waals surface area contributed by atoms with E-state index in [4.69, 9.17) is 4.43 Å². The molecule has 17 heavy (non-hydrogen) atoms. The standard InChI is InChI=1S/C15H22OSi/c1-17(2,3)16-15(12-11-13-9-10-13)14-7-5-4-6-8-14/h4-8,12-13H,9-11H2,1-3H3/b15-12-. The fraction of sp³-hybridized carbons (Fsp3) is 0.467. The van der Waals surface area contributed by atoms with Crippen LogP contribution < -0.4 is 0 Å². The van der Waals surface area contributed by atoms with Crippen LogP contribution in [0.15, 0.2) is 36.4 Å². The van der Waals surface area contributed by atoms with Crippen molar-refractivity contribution in [2.75, 3.05) is 0 Å². The molecule has 1 fully saturated rings. The maximum atomic E-state index is 6.20. The molecule has 0 N–H and O–H groups in total. The Bertz CT molecular complexity index is 385. The summed E-state index contributed by atoms with van der Waals surface area (Å²) in [5, 5.41) is 0. The second kappa shape index (κ2) is 5.09. The van der Waals surface area contributed by atoms with E-state index in [2.05, 4.69) is 56.0 Å². The third kappa shape index (κ3) is 4.39. The fourth-order valence-electron chi connectivity index (χ4n) is 1.78. The normalized spacial score (nSPS) is 17.0. The van der Waals surface area contributed by atoms with Crippen LogP contribution in [0.4, 0.5) is 0 Å². The minimum absolute atomic E-state index is 0.916. The van der Waals surface area contributed by atoms with E-state index >= 15 is 0 Å². The maximum absolute atomic E-state index is 6.20. The molecule has 1 aliphatic rings. The lowest BCUT2D eigenvalue weighted by atomic mass is 10.1. The van der Waals surface area contributed by atoms with E-state index in [0.29, 0.717) is 0 Å². The van der Waals surface area contributed by atoms with Gasteiger partial charge in [-0.1, -0.05) is 30.3 Å². The van der Waals surface area contributed by atoms with Crippen LogP contribution in [-0.4, -0.2) is 8.32 Å². The van der Waals surface area contributed by atoms with Crippen LogP contribution in [0.3, 0.4) is 0 Å². The molecule has 0 saturated heterocycles. The summed E-state index contributed by atoms with van der Waals surface area (Å²) in [6.45, 7) is 6.71.